The molecule has 1 atom stereocenters. The highest BCUT2D eigenvalue weighted by Crippen LogP contribution is 2.17. The Morgan fingerprint density at radius 3 is 2.77 bits per heavy atom. The van der Waals surface area contributed by atoms with E-state index >= 15 is 0 Å². The first-order valence-corrected chi connectivity index (χ1v) is 4.26. The smallest absolute Gasteiger partial charge is 0.358 e. The summed E-state index contributed by atoms with van der Waals surface area (Å²) in [5.74, 6) is 0.624. The number of hydrogen-bond acceptors (Lipinski definition) is 3. The Balaban J connectivity index is 3.02. The van der Waals surface area contributed by atoms with Gasteiger partial charge in [0.25, 0.3) is 0 Å². The summed E-state index contributed by atoms with van der Waals surface area (Å²) < 4.78 is 1.83. The van der Waals surface area contributed by atoms with E-state index in [0.29, 0.717) is 5.82 Å². The van der Waals surface area contributed by atoms with Crippen LogP contribution >= 0.6 is 0 Å². The standard InChI is InChI=1S/C8H13N3O2/c1-4-6(2)10-5-8(11(12)13)9-7(10)3/h5-6H,4H2,1-3H3. The molecule has 0 fully saturated rings. The first-order valence-electron chi connectivity index (χ1n) is 4.26. The van der Waals surface area contributed by atoms with E-state index in [-0.39, 0.29) is 11.9 Å². The molecule has 0 N–H and O–H groups in total. The van der Waals surface area contributed by atoms with Crippen LogP contribution in [0.4, 0.5) is 5.82 Å². The fraction of sp³-hybridized carbons (Fsp3) is 0.625. The van der Waals surface area contributed by atoms with Gasteiger partial charge in [-0.1, -0.05) is 6.92 Å². The zero-order valence-corrected chi connectivity index (χ0v) is 8.02. The molecule has 1 aromatic heterocycles. The van der Waals surface area contributed by atoms with Crippen molar-refractivity contribution in [2.45, 2.75) is 33.2 Å². The Morgan fingerprint density at radius 2 is 2.38 bits per heavy atom. The summed E-state index contributed by atoms with van der Waals surface area (Å²) in [6, 6.07) is 0.265. The molecular weight excluding hydrogens is 170 g/mol. The van der Waals surface area contributed by atoms with E-state index in [1.807, 2.05) is 18.4 Å². The largest absolute Gasteiger partial charge is 0.381 e. The Morgan fingerprint density at radius 1 is 1.77 bits per heavy atom. The molecule has 1 rings (SSSR count). The number of nitrogens with zero attached hydrogens (tertiary/aromatic N) is 3. The molecule has 1 aromatic rings. The van der Waals surface area contributed by atoms with E-state index in [9.17, 15) is 10.1 Å². The quantitative estimate of drug-likeness (QED) is 0.532. The fourth-order valence-corrected chi connectivity index (χ4v) is 1.20. The van der Waals surface area contributed by atoms with Gasteiger partial charge in [0, 0.05) is 13.0 Å². The molecule has 1 unspecified atom stereocenters. The van der Waals surface area contributed by atoms with E-state index in [0.717, 1.165) is 6.42 Å². The summed E-state index contributed by atoms with van der Waals surface area (Å²) in [4.78, 5) is 13.8. The van der Waals surface area contributed by atoms with Crippen molar-refractivity contribution in [1.82, 2.24) is 9.55 Å². The van der Waals surface area contributed by atoms with Crippen LogP contribution in [0.1, 0.15) is 32.1 Å². The topological polar surface area (TPSA) is 61.0 Å². The predicted molar refractivity (Wildman–Crippen MR) is 48.6 cm³/mol. The van der Waals surface area contributed by atoms with Gasteiger partial charge in [-0.3, -0.25) is 0 Å². The first-order chi connectivity index (χ1) is 6.06. The highest BCUT2D eigenvalue weighted by molar-refractivity contribution is 5.17. The number of imidazole rings is 1. The molecule has 13 heavy (non-hydrogen) atoms. The van der Waals surface area contributed by atoms with E-state index in [2.05, 4.69) is 4.98 Å². The maximum absolute atomic E-state index is 10.4. The maximum atomic E-state index is 10.4. The van der Waals surface area contributed by atoms with Gasteiger partial charge < -0.3 is 14.7 Å². The summed E-state index contributed by atoms with van der Waals surface area (Å²) in [7, 11) is 0. The van der Waals surface area contributed by atoms with Crippen LogP contribution in [-0.4, -0.2) is 14.5 Å². The Hall–Kier alpha value is -1.39. The minimum absolute atomic E-state index is 0.0715. The normalized spacial score (nSPS) is 12.8. The molecule has 0 saturated heterocycles. The van der Waals surface area contributed by atoms with Crippen molar-refractivity contribution in [3.8, 4) is 0 Å². The van der Waals surface area contributed by atoms with Crippen LogP contribution in [-0.2, 0) is 0 Å². The van der Waals surface area contributed by atoms with Gasteiger partial charge in [0.2, 0.25) is 5.82 Å². The Kier molecular flexibility index (Phi) is 2.65. The lowest BCUT2D eigenvalue weighted by Crippen LogP contribution is -2.04. The molecule has 0 aliphatic rings. The zero-order chi connectivity index (χ0) is 10.0. The number of aryl methyl sites for hydroxylation is 1. The van der Waals surface area contributed by atoms with Crippen LogP contribution in [0.15, 0.2) is 6.20 Å². The van der Waals surface area contributed by atoms with Crippen molar-refractivity contribution in [3.63, 3.8) is 0 Å². The molecule has 0 spiro atoms. The molecule has 1 heterocycles. The van der Waals surface area contributed by atoms with Crippen molar-refractivity contribution in [2.75, 3.05) is 0 Å². The first kappa shape index (κ1) is 9.70. The summed E-state index contributed by atoms with van der Waals surface area (Å²) >= 11 is 0. The summed E-state index contributed by atoms with van der Waals surface area (Å²) in [5, 5.41) is 10.4. The zero-order valence-electron chi connectivity index (χ0n) is 8.02. The number of rotatable bonds is 3. The van der Waals surface area contributed by atoms with Crippen LogP contribution in [0.5, 0.6) is 0 Å². The maximum Gasteiger partial charge on any atom is 0.381 e. The molecule has 0 bridgehead atoms. The van der Waals surface area contributed by atoms with Crippen LogP contribution in [0, 0.1) is 17.0 Å². The van der Waals surface area contributed by atoms with Gasteiger partial charge in [-0.15, -0.1) is 0 Å². The van der Waals surface area contributed by atoms with Crippen LogP contribution < -0.4 is 0 Å². The molecule has 5 nitrogen and oxygen atoms in total. The SMILES string of the molecule is CCC(C)n1cc([N+](=O)[O-])nc1C. The lowest BCUT2D eigenvalue weighted by Gasteiger charge is -2.08. The third-order valence-electron chi connectivity index (χ3n) is 2.16. The van der Waals surface area contributed by atoms with E-state index < -0.39 is 4.92 Å². The second-order valence-corrected chi connectivity index (χ2v) is 3.07. The van der Waals surface area contributed by atoms with Crippen molar-refractivity contribution in [3.05, 3.63) is 22.1 Å². The second kappa shape index (κ2) is 3.55. The van der Waals surface area contributed by atoms with Crippen molar-refractivity contribution >= 4 is 5.82 Å². The average Bonchev–Trinajstić information content (AvgIpc) is 2.46. The summed E-state index contributed by atoms with van der Waals surface area (Å²) in [5.41, 5.74) is 0. The van der Waals surface area contributed by atoms with Gasteiger partial charge in [-0.25, -0.2) is 0 Å². The van der Waals surface area contributed by atoms with E-state index in [1.54, 1.807) is 6.92 Å². The summed E-state index contributed by atoms with van der Waals surface area (Å²) in [6.07, 6.45) is 2.43. The number of hydrogen-bond donors (Lipinski definition) is 0. The molecule has 0 radical (unpaired) electrons. The summed E-state index contributed by atoms with van der Waals surface area (Å²) in [6.45, 7) is 5.83. The van der Waals surface area contributed by atoms with Gasteiger partial charge in [0.1, 0.15) is 6.20 Å². The van der Waals surface area contributed by atoms with Gasteiger partial charge in [0.15, 0.2) is 0 Å². The molecule has 5 heteroatoms. The predicted octanol–water partition coefficient (Wildman–Crippen LogP) is 2.07. The van der Waals surface area contributed by atoms with Gasteiger partial charge in [-0.05, 0) is 23.3 Å². The van der Waals surface area contributed by atoms with Crippen LogP contribution in [0.2, 0.25) is 0 Å². The Labute approximate surface area is 76.5 Å². The third-order valence-corrected chi connectivity index (χ3v) is 2.16. The van der Waals surface area contributed by atoms with Gasteiger partial charge >= 0.3 is 5.82 Å². The molecule has 72 valence electrons. The minimum Gasteiger partial charge on any atom is -0.358 e. The second-order valence-electron chi connectivity index (χ2n) is 3.07. The third kappa shape index (κ3) is 1.85. The van der Waals surface area contributed by atoms with Crippen molar-refractivity contribution in [1.29, 1.82) is 0 Å². The number of aromatic nitrogens is 2. The lowest BCUT2D eigenvalue weighted by atomic mass is 10.2. The molecule has 0 aliphatic carbocycles. The van der Waals surface area contributed by atoms with Crippen molar-refractivity contribution < 1.29 is 4.92 Å². The van der Waals surface area contributed by atoms with E-state index in [4.69, 9.17) is 0 Å². The van der Waals surface area contributed by atoms with Crippen LogP contribution in [0.25, 0.3) is 0 Å². The van der Waals surface area contributed by atoms with E-state index in [1.165, 1.54) is 6.20 Å². The van der Waals surface area contributed by atoms with Crippen LogP contribution in [0.3, 0.4) is 0 Å². The Bertz CT molecular complexity index is 319. The molecular formula is C8H13N3O2. The minimum atomic E-state index is -0.466. The average molecular weight is 183 g/mol. The molecule has 0 aliphatic heterocycles. The molecule has 0 aromatic carbocycles. The molecule has 0 saturated carbocycles. The van der Waals surface area contributed by atoms with Gasteiger partial charge in [-0.2, -0.15) is 0 Å². The lowest BCUT2D eigenvalue weighted by molar-refractivity contribution is -0.389. The highest BCUT2D eigenvalue weighted by Gasteiger charge is 2.17. The monoisotopic (exact) mass is 183 g/mol. The number of nitro groups is 1. The fourth-order valence-electron chi connectivity index (χ4n) is 1.20. The molecule has 0 amide bonds. The van der Waals surface area contributed by atoms with Crippen molar-refractivity contribution in [2.24, 2.45) is 0 Å². The highest BCUT2D eigenvalue weighted by atomic mass is 16.6. The van der Waals surface area contributed by atoms with Gasteiger partial charge in [0.05, 0.1) is 0 Å².